The van der Waals surface area contributed by atoms with Gasteiger partial charge in [-0.05, 0) is 36.6 Å². The Kier molecular flexibility index (Phi) is 5.07. The number of para-hydroxylation sites is 1. The van der Waals surface area contributed by atoms with E-state index in [1.54, 1.807) is 6.07 Å². The number of carboxylic acids is 1. The van der Waals surface area contributed by atoms with Gasteiger partial charge in [-0.1, -0.05) is 19.1 Å². The fraction of sp³-hybridized carbons (Fsp3) is 0.227. The summed E-state index contributed by atoms with van der Waals surface area (Å²) < 4.78 is 6.96. The first-order valence-electron chi connectivity index (χ1n) is 9.37. The number of phenolic OH excluding ortho intramolecular Hbond substituents is 1. The van der Waals surface area contributed by atoms with Crippen LogP contribution >= 0.6 is 11.3 Å². The Bertz CT molecular complexity index is 1250. The van der Waals surface area contributed by atoms with Gasteiger partial charge >= 0.3 is 5.97 Å². The van der Waals surface area contributed by atoms with E-state index in [0.717, 1.165) is 10.2 Å². The van der Waals surface area contributed by atoms with Crippen LogP contribution in [0, 0.1) is 0 Å². The molecule has 0 spiro atoms. The molecule has 4 aromatic rings. The lowest BCUT2D eigenvalue weighted by Crippen LogP contribution is -2.10. The number of aliphatic carboxylic acids is 1. The van der Waals surface area contributed by atoms with Gasteiger partial charge in [-0.25, -0.2) is 4.98 Å². The number of hydrogen-bond donors (Lipinski definition) is 2. The second kappa shape index (κ2) is 7.67. The number of nitrogens with zero attached hydrogens (tertiary/aromatic N) is 1. The molecule has 0 aliphatic carbocycles. The molecule has 0 unspecified atom stereocenters. The topological polar surface area (TPSA) is 101 Å². The highest BCUT2D eigenvalue weighted by molar-refractivity contribution is 7.21. The zero-order valence-electron chi connectivity index (χ0n) is 15.8. The van der Waals surface area contributed by atoms with Gasteiger partial charge in [0.2, 0.25) is 5.43 Å². The Balaban J connectivity index is 1.95. The predicted molar refractivity (Wildman–Crippen MR) is 113 cm³/mol. The summed E-state index contributed by atoms with van der Waals surface area (Å²) in [7, 11) is 0. The normalized spacial score (nSPS) is 11.3. The van der Waals surface area contributed by atoms with Crippen molar-refractivity contribution in [3.05, 3.63) is 57.9 Å². The van der Waals surface area contributed by atoms with Crippen molar-refractivity contribution >= 4 is 38.5 Å². The van der Waals surface area contributed by atoms with Crippen molar-refractivity contribution in [1.82, 2.24) is 4.98 Å². The van der Waals surface area contributed by atoms with Crippen LogP contribution in [0.5, 0.6) is 5.75 Å². The molecule has 2 aromatic carbocycles. The van der Waals surface area contributed by atoms with Gasteiger partial charge < -0.3 is 14.6 Å². The summed E-state index contributed by atoms with van der Waals surface area (Å²) in [6.07, 6.45) is 1.18. The lowest BCUT2D eigenvalue weighted by molar-refractivity contribution is -0.137. The molecule has 0 saturated heterocycles. The van der Waals surface area contributed by atoms with Crippen molar-refractivity contribution in [2.24, 2.45) is 0 Å². The Morgan fingerprint density at radius 3 is 2.76 bits per heavy atom. The number of rotatable bonds is 6. The molecular weight excluding hydrogens is 390 g/mol. The van der Waals surface area contributed by atoms with E-state index in [1.807, 2.05) is 31.2 Å². The van der Waals surface area contributed by atoms with E-state index >= 15 is 0 Å². The van der Waals surface area contributed by atoms with E-state index < -0.39 is 5.97 Å². The van der Waals surface area contributed by atoms with Crippen LogP contribution in [0.1, 0.15) is 31.1 Å². The number of aromatic hydroxyl groups is 1. The molecule has 0 saturated carbocycles. The van der Waals surface area contributed by atoms with Crippen LogP contribution in [0.25, 0.3) is 31.8 Å². The Labute approximate surface area is 170 Å². The number of aryl methyl sites for hydroxylation is 2. The van der Waals surface area contributed by atoms with Gasteiger partial charge in [0.05, 0.1) is 21.2 Å². The van der Waals surface area contributed by atoms with Crippen molar-refractivity contribution < 1.29 is 19.4 Å². The Morgan fingerprint density at radius 2 is 2.03 bits per heavy atom. The van der Waals surface area contributed by atoms with Crippen LogP contribution in [0.15, 0.2) is 45.6 Å². The third kappa shape index (κ3) is 3.61. The predicted octanol–water partition coefficient (Wildman–Crippen LogP) is 4.75. The Hall–Kier alpha value is -3.19. The molecule has 6 nitrogen and oxygen atoms in total. The van der Waals surface area contributed by atoms with Gasteiger partial charge in [0.1, 0.15) is 22.1 Å². The zero-order chi connectivity index (χ0) is 20.5. The summed E-state index contributed by atoms with van der Waals surface area (Å²) >= 11 is 1.40. The number of fused-ring (bicyclic) bond motifs is 2. The zero-order valence-corrected chi connectivity index (χ0v) is 16.6. The van der Waals surface area contributed by atoms with Crippen LogP contribution in [0.2, 0.25) is 0 Å². The SMILES string of the molecule is CCc1cc2c(=O)c(-c3nc4ccccc4s3)c(CCCC(=O)O)oc2cc1O. The van der Waals surface area contributed by atoms with Crippen LogP contribution < -0.4 is 5.43 Å². The fourth-order valence-electron chi connectivity index (χ4n) is 3.38. The van der Waals surface area contributed by atoms with E-state index in [4.69, 9.17) is 9.52 Å². The first-order chi connectivity index (χ1) is 14.0. The third-order valence-electron chi connectivity index (χ3n) is 4.85. The number of phenols is 1. The minimum Gasteiger partial charge on any atom is -0.508 e. The highest BCUT2D eigenvalue weighted by Gasteiger charge is 2.21. The van der Waals surface area contributed by atoms with Crippen molar-refractivity contribution in [1.29, 1.82) is 0 Å². The van der Waals surface area contributed by atoms with Gasteiger partial charge in [0, 0.05) is 18.9 Å². The van der Waals surface area contributed by atoms with Crippen molar-refractivity contribution in [2.75, 3.05) is 0 Å². The Morgan fingerprint density at radius 1 is 1.24 bits per heavy atom. The van der Waals surface area contributed by atoms with Crippen LogP contribution in [0.3, 0.4) is 0 Å². The number of carboxylic acid groups (broad SMARTS) is 1. The minimum absolute atomic E-state index is 0.0267. The van der Waals surface area contributed by atoms with Gasteiger partial charge in [-0.2, -0.15) is 0 Å². The summed E-state index contributed by atoms with van der Waals surface area (Å²) in [6, 6.07) is 10.7. The lowest BCUT2D eigenvalue weighted by Gasteiger charge is -2.10. The maximum atomic E-state index is 13.4. The molecule has 4 rings (SSSR count). The molecule has 0 aliphatic rings. The van der Waals surface area contributed by atoms with Gasteiger partial charge in [0.25, 0.3) is 0 Å². The van der Waals surface area contributed by atoms with Crippen LogP contribution in [-0.4, -0.2) is 21.2 Å². The van der Waals surface area contributed by atoms with E-state index in [1.165, 1.54) is 17.4 Å². The third-order valence-corrected chi connectivity index (χ3v) is 5.90. The maximum Gasteiger partial charge on any atom is 0.303 e. The number of thiazole rings is 1. The minimum atomic E-state index is -0.903. The first-order valence-corrected chi connectivity index (χ1v) is 10.2. The highest BCUT2D eigenvalue weighted by Crippen LogP contribution is 2.34. The molecule has 0 radical (unpaired) electrons. The van der Waals surface area contributed by atoms with E-state index in [9.17, 15) is 14.7 Å². The quantitative estimate of drug-likeness (QED) is 0.477. The molecule has 0 aliphatic heterocycles. The average Bonchev–Trinajstić information content (AvgIpc) is 3.11. The largest absolute Gasteiger partial charge is 0.508 e. The molecular formula is C22H19NO5S. The van der Waals surface area contributed by atoms with E-state index in [-0.39, 0.29) is 17.6 Å². The highest BCUT2D eigenvalue weighted by atomic mass is 32.1. The number of hydrogen-bond acceptors (Lipinski definition) is 6. The van der Waals surface area contributed by atoms with Gasteiger partial charge in [0.15, 0.2) is 0 Å². The molecule has 7 heteroatoms. The van der Waals surface area contributed by atoms with E-state index in [2.05, 4.69) is 4.98 Å². The first kappa shape index (κ1) is 19.1. The number of carbonyl (C=O) groups is 1. The summed E-state index contributed by atoms with van der Waals surface area (Å²) in [6.45, 7) is 1.90. The molecule has 2 heterocycles. The van der Waals surface area contributed by atoms with E-state index in [0.29, 0.717) is 52.1 Å². The summed E-state index contributed by atoms with van der Waals surface area (Å²) in [5.41, 5.74) is 1.91. The summed E-state index contributed by atoms with van der Waals surface area (Å²) in [5, 5.41) is 20.1. The van der Waals surface area contributed by atoms with Crippen LogP contribution in [-0.2, 0) is 17.6 Å². The monoisotopic (exact) mass is 409 g/mol. The van der Waals surface area contributed by atoms with Gasteiger partial charge in [-0.3, -0.25) is 9.59 Å². The van der Waals surface area contributed by atoms with Crippen LogP contribution in [0.4, 0.5) is 0 Å². The standard InChI is InChI=1S/C22H19NO5S/c1-2-12-10-13-17(11-15(12)24)28-16(7-5-9-19(25)26)20(21(13)27)22-23-14-6-3-4-8-18(14)29-22/h3-4,6,8,10-11,24H,2,5,7,9H2,1H3,(H,25,26). The van der Waals surface area contributed by atoms with Gasteiger partial charge in [-0.15, -0.1) is 11.3 Å². The second-order valence-corrected chi connectivity index (χ2v) is 7.82. The molecule has 2 aromatic heterocycles. The van der Waals surface area contributed by atoms with Crippen molar-refractivity contribution in [3.8, 4) is 16.3 Å². The summed E-state index contributed by atoms with van der Waals surface area (Å²) in [4.78, 5) is 28.9. The smallest absolute Gasteiger partial charge is 0.303 e. The molecule has 2 N–H and O–H groups in total. The molecule has 0 atom stereocenters. The number of aromatic nitrogens is 1. The van der Waals surface area contributed by atoms with Crippen molar-refractivity contribution in [2.45, 2.75) is 32.6 Å². The molecule has 0 amide bonds. The number of benzene rings is 2. The summed E-state index contributed by atoms with van der Waals surface area (Å²) in [5.74, 6) is -0.432. The molecule has 148 valence electrons. The fourth-order valence-corrected chi connectivity index (χ4v) is 4.40. The molecule has 29 heavy (non-hydrogen) atoms. The van der Waals surface area contributed by atoms with Crippen molar-refractivity contribution in [3.63, 3.8) is 0 Å². The molecule has 0 fully saturated rings. The molecule has 0 bridgehead atoms. The lowest BCUT2D eigenvalue weighted by atomic mass is 10.0. The second-order valence-electron chi connectivity index (χ2n) is 6.79. The maximum absolute atomic E-state index is 13.4. The average molecular weight is 409 g/mol.